The van der Waals surface area contributed by atoms with Gasteiger partial charge in [-0.3, -0.25) is 24.2 Å². The van der Waals surface area contributed by atoms with Gasteiger partial charge in [0, 0.05) is 43.1 Å². The zero-order chi connectivity index (χ0) is 22.5. The molecule has 1 saturated heterocycles. The minimum Gasteiger partial charge on any atom is -0.355 e. The average molecular weight is 429 g/mol. The Morgan fingerprint density at radius 1 is 1.03 bits per heavy atom. The summed E-state index contributed by atoms with van der Waals surface area (Å²) >= 11 is 0. The van der Waals surface area contributed by atoms with Crippen LogP contribution in [0.1, 0.15) is 46.0 Å². The molecule has 1 aliphatic rings. The summed E-state index contributed by atoms with van der Waals surface area (Å²) in [6.45, 7) is 8.52. The van der Waals surface area contributed by atoms with Gasteiger partial charge in [0.05, 0.1) is 18.8 Å². The van der Waals surface area contributed by atoms with Crippen LogP contribution in [0.25, 0.3) is 0 Å². The number of aromatic nitrogens is 1. The molecular formula is C23H29FN4O3. The molecule has 0 unspecified atom stereocenters. The van der Waals surface area contributed by atoms with Gasteiger partial charge in [-0.15, -0.1) is 0 Å². The lowest BCUT2D eigenvalue weighted by molar-refractivity contribution is -0.117. The third-order valence-corrected chi connectivity index (χ3v) is 5.60. The molecule has 0 radical (unpaired) electrons. The van der Waals surface area contributed by atoms with Gasteiger partial charge in [0.15, 0.2) is 11.6 Å². The fourth-order valence-electron chi connectivity index (χ4n) is 4.07. The number of amides is 1. The van der Waals surface area contributed by atoms with E-state index in [2.05, 4.69) is 15.2 Å². The van der Waals surface area contributed by atoms with Crippen molar-refractivity contribution in [2.45, 2.75) is 27.2 Å². The highest BCUT2D eigenvalue weighted by atomic mass is 19.1. The van der Waals surface area contributed by atoms with Crippen molar-refractivity contribution in [1.29, 1.82) is 0 Å². The lowest BCUT2D eigenvalue weighted by Gasteiger charge is -2.33. The number of anilines is 1. The Labute approximate surface area is 181 Å². The number of Topliss-reactive ketones (excluding diaryl/α,β-unsaturated/α-hetero) is 2. The van der Waals surface area contributed by atoms with Crippen molar-refractivity contribution in [1.82, 2.24) is 14.8 Å². The number of rotatable bonds is 8. The number of benzene rings is 1. The standard InChI is InChI=1S/C23H29FN4O3/c1-4-19-22(16(3)29)15(2)25-23(19)20(30)13-27-9-11-28(12-10-27)14-21(31)26-18-7-5-17(24)6-8-18/h5-8,25H,4,9-14H2,1-3H3,(H,26,31). The predicted molar refractivity (Wildman–Crippen MR) is 117 cm³/mol. The van der Waals surface area contributed by atoms with Crippen molar-refractivity contribution in [2.24, 2.45) is 0 Å². The number of carbonyl (C=O) groups is 3. The van der Waals surface area contributed by atoms with E-state index in [-0.39, 0.29) is 36.4 Å². The Bertz CT molecular complexity index is 960. The second kappa shape index (κ2) is 9.98. The van der Waals surface area contributed by atoms with E-state index in [4.69, 9.17) is 0 Å². The molecule has 31 heavy (non-hydrogen) atoms. The predicted octanol–water partition coefficient (Wildman–Crippen LogP) is 2.67. The SMILES string of the molecule is CCc1c(C(=O)CN2CCN(CC(=O)Nc3ccc(F)cc3)CC2)[nH]c(C)c1C(C)=O. The maximum absolute atomic E-state index is 13.0. The van der Waals surface area contributed by atoms with Gasteiger partial charge in [0.1, 0.15) is 5.82 Å². The number of aryl methyl sites for hydroxylation is 1. The molecule has 1 aliphatic heterocycles. The number of hydrogen-bond donors (Lipinski definition) is 2. The molecule has 2 aromatic rings. The number of halogens is 1. The van der Waals surface area contributed by atoms with Crippen LogP contribution < -0.4 is 5.32 Å². The molecule has 1 aromatic carbocycles. The van der Waals surface area contributed by atoms with Gasteiger partial charge in [-0.1, -0.05) is 6.92 Å². The van der Waals surface area contributed by atoms with E-state index in [0.29, 0.717) is 49.5 Å². The van der Waals surface area contributed by atoms with Crippen molar-refractivity contribution in [3.05, 3.63) is 52.6 Å². The normalized spacial score (nSPS) is 15.1. The molecule has 166 valence electrons. The van der Waals surface area contributed by atoms with Crippen LogP contribution in [0.3, 0.4) is 0 Å². The Hall–Kier alpha value is -2.84. The van der Waals surface area contributed by atoms with Gasteiger partial charge in [0.25, 0.3) is 0 Å². The van der Waals surface area contributed by atoms with Crippen LogP contribution >= 0.6 is 0 Å². The summed E-state index contributed by atoms with van der Waals surface area (Å²) in [7, 11) is 0. The monoisotopic (exact) mass is 428 g/mol. The number of nitrogens with zero attached hydrogens (tertiary/aromatic N) is 2. The number of piperazine rings is 1. The number of ketones is 2. The molecule has 1 amide bonds. The minimum absolute atomic E-state index is 0.0186. The van der Waals surface area contributed by atoms with E-state index < -0.39 is 0 Å². The summed E-state index contributed by atoms with van der Waals surface area (Å²) in [4.78, 5) is 44.2. The van der Waals surface area contributed by atoms with E-state index in [9.17, 15) is 18.8 Å². The van der Waals surface area contributed by atoms with Crippen LogP contribution in [0.5, 0.6) is 0 Å². The van der Waals surface area contributed by atoms with Gasteiger partial charge in [0.2, 0.25) is 5.91 Å². The largest absolute Gasteiger partial charge is 0.355 e. The second-order valence-electron chi connectivity index (χ2n) is 7.92. The highest BCUT2D eigenvalue weighted by Gasteiger charge is 2.25. The van der Waals surface area contributed by atoms with Crippen LogP contribution in [0.15, 0.2) is 24.3 Å². The van der Waals surface area contributed by atoms with Crippen LogP contribution in [-0.2, 0) is 11.2 Å². The van der Waals surface area contributed by atoms with E-state index in [1.807, 2.05) is 18.7 Å². The summed E-state index contributed by atoms with van der Waals surface area (Å²) in [5.74, 6) is -0.545. The molecule has 7 nitrogen and oxygen atoms in total. The van der Waals surface area contributed by atoms with Crippen molar-refractivity contribution in [3.63, 3.8) is 0 Å². The van der Waals surface area contributed by atoms with Gasteiger partial charge < -0.3 is 10.3 Å². The maximum atomic E-state index is 13.0. The van der Waals surface area contributed by atoms with E-state index in [1.165, 1.54) is 31.2 Å². The zero-order valence-corrected chi connectivity index (χ0v) is 18.3. The first-order chi connectivity index (χ1) is 14.8. The summed E-state index contributed by atoms with van der Waals surface area (Å²) in [6, 6.07) is 5.67. The maximum Gasteiger partial charge on any atom is 0.238 e. The quantitative estimate of drug-likeness (QED) is 0.632. The van der Waals surface area contributed by atoms with Crippen molar-refractivity contribution >= 4 is 23.2 Å². The second-order valence-corrected chi connectivity index (χ2v) is 7.92. The van der Waals surface area contributed by atoms with Gasteiger partial charge in [-0.2, -0.15) is 0 Å². The molecule has 1 aromatic heterocycles. The topological polar surface area (TPSA) is 85.5 Å². The van der Waals surface area contributed by atoms with Crippen LogP contribution in [-0.4, -0.2) is 71.5 Å². The first kappa shape index (κ1) is 22.8. The van der Waals surface area contributed by atoms with Crippen molar-refractivity contribution < 1.29 is 18.8 Å². The molecule has 0 bridgehead atoms. The molecule has 2 heterocycles. The Balaban J connectivity index is 1.50. The molecule has 0 aliphatic carbocycles. The average Bonchev–Trinajstić information content (AvgIpc) is 3.08. The number of hydrogen-bond acceptors (Lipinski definition) is 5. The summed E-state index contributed by atoms with van der Waals surface area (Å²) < 4.78 is 13.0. The first-order valence-corrected chi connectivity index (χ1v) is 10.5. The molecule has 8 heteroatoms. The van der Waals surface area contributed by atoms with Crippen molar-refractivity contribution in [3.8, 4) is 0 Å². The zero-order valence-electron chi connectivity index (χ0n) is 18.3. The van der Waals surface area contributed by atoms with Crippen LogP contribution in [0.2, 0.25) is 0 Å². The van der Waals surface area contributed by atoms with E-state index >= 15 is 0 Å². The molecular weight excluding hydrogens is 399 g/mol. The molecule has 0 saturated carbocycles. The molecule has 2 N–H and O–H groups in total. The fraction of sp³-hybridized carbons (Fsp3) is 0.435. The number of aromatic amines is 1. The summed E-state index contributed by atoms with van der Waals surface area (Å²) in [6.07, 6.45) is 0.622. The third-order valence-electron chi connectivity index (χ3n) is 5.60. The Morgan fingerprint density at radius 3 is 2.16 bits per heavy atom. The summed E-state index contributed by atoms with van der Waals surface area (Å²) in [5.41, 5.74) is 3.26. The van der Waals surface area contributed by atoms with E-state index in [0.717, 1.165) is 11.3 Å². The van der Waals surface area contributed by atoms with Crippen molar-refractivity contribution in [2.75, 3.05) is 44.6 Å². The minimum atomic E-state index is -0.346. The third kappa shape index (κ3) is 5.65. The van der Waals surface area contributed by atoms with Crippen LogP contribution in [0, 0.1) is 12.7 Å². The first-order valence-electron chi connectivity index (χ1n) is 10.5. The Morgan fingerprint density at radius 2 is 1.61 bits per heavy atom. The van der Waals surface area contributed by atoms with E-state index in [1.54, 1.807) is 0 Å². The van der Waals surface area contributed by atoms with Gasteiger partial charge in [-0.25, -0.2) is 4.39 Å². The molecule has 0 spiro atoms. The van der Waals surface area contributed by atoms with Crippen LogP contribution in [0.4, 0.5) is 10.1 Å². The van der Waals surface area contributed by atoms with Gasteiger partial charge >= 0.3 is 0 Å². The van der Waals surface area contributed by atoms with Gasteiger partial charge in [-0.05, 0) is 50.1 Å². The number of carbonyl (C=O) groups excluding carboxylic acids is 3. The number of nitrogens with one attached hydrogen (secondary N) is 2. The summed E-state index contributed by atoms with van der Waals surface area (Å²) in [5, 5.41) is 2.76. The Kier molecular flexibility index (Phi) is 7.35. The highest BCUT2D eigenvalue weighted by Crippen LogP contribution is 2.21. The fourth-order valence-corrected chi connectivity index (χ4v) is 4.07. The number of H-pyrrole nitrogens is 1. The molecule has 0 atom stereocenters. The highest BCUT2D eigenvalue weighted by molar-refractivity contribution is 6.04. The smallest absolute Gasteiger partial charge is 0.238 e. The lowest BCUT2D eigenvalue weighted by atomic mass is 10.0. The lowest BCUT2D eigenvalue weighted by Crippen LogP contribution is -2.49. The molecule has 3 rings (SSSR count). The molecule has 1 fully saturated rings.